The molecular formula is C13H18O6S2. The standard InChI is InChI=1S/C13H18O6S2/c1-13(2,12(14)15)8-9-6-5-7-10(20(3,16)17)11(9)21(4,18)19/h5-7H,8H2,1-4H3,(H,14,15). The lowest BCUT2D eigenvalue weighted by molar-refractivity contribution is -0.146. The van der Waals surface area contributed by atoms with Crippen molar-refractivity contribution in [1.29, 1.82) is 0 Å². The minimum absolute atomic E-state index is 0.0892. The van der Waals surface area contributed by atoms with Gasteiger partial charge in [0.05, 0.1) is 15.2 Å². The Bertz CT molecular complexity index is 773. The van der Waals surface area contributed by atoms with Crippen LogP contribution in [0.2, 0.25) is 0 Å². The molecular weight excluding hydrogens is 316 g/mol. The Morgan fingerprint density at radius 3 is 2.00 bits per heavy atom. The molecule has 0 radical (unpaired) electrons. The molecule has 0 aliphatic carbocycles. The quantitative estimate of drug-likeness (QED) is 0.866. The predicted octanol–water partition coefficient (Wildman–Crippen LogP) is 1.15. The highest BCUT2D eigenvalue weighted by molar-refractivity contribution is 7.93. The van der Waals surface area contributed by atoms with Crippen LogP contribution in [0, 0.1) is 5.41 Å². The summed E-state index contributed by atoms with van der Waals surface area (Å²) in [5.74, 6) is -1.09. The van der Waals surface area contributed by atoms with E-state index < -0.39 is 31.1 Å². The third-order valence-corrected chi connectivity index (χ3v) is 5.53. The fourth-order valence-electron chi connectivity index (χ4n) is 1.97. The van der Waals surface area contributed by atoms with Gasteiger partial charge in [-0.05, 0) is 31.9 Å². The van der Waals surface area contributed by atoms with Crippen LogP contribution < -0.4 is 0 Å². The van der Waals surface area contributed by atoms with Crippen LogP contribution in [0.25, 0.3) is 0 Å². The topological polar surface area (TPSA) is 106 Å². The van der Waals surface area contributed by atoms with Crippen LogP contribution in [0.15, 0.2) is 28.0 Å². The molecule has 0 aliphatic heterocycles. The van der Waals surface area contributed by atoms with Gasteiger partial charge < -0.3 is 5.11 Å². The SMILES string of the molecule is CC(C)(Cc1cccc(S(C)(=O)=O)c1S(C)(=O)=O)C(=O)O. The summed E-state index contributed by atoms with van der Waals surface area (Å²) in [5.41, 5.74) is -1.02. The molecule has 8 heteroatoms. The van der Waals surface area contributed by atoms with Crippen molar-refractivity contribution in [2.45, 2.75) is 30.1 Å². The van der Waals surface area contributed by atoms with Crippen LogP contribution >= 0.6 is 0 Å². The molecule has 0 aliphatic rings. The maximum atomic E-state index is 12.0. The van der Waals surface area contributed by atoms with Crippen LogP contribution in [0.3, 0.4) is 0 Å². The smallest absolute Gasteiger partial charge is 0.309 e. The second-order valence-corrected chi connectivity index (χ2v) is 9.59. The highest BCUT2D eigenvalue weighted by Crippen LogP contribution is 2.30. The Labute approximate surface area is 124 Å². The molecule has 0 unspecified atom stereocenters. The molecule has 0 atom stereocenters. The Kier molecular flexibility index (Phi) is 4.55. The average Bonchev–Trinajstić information content (AvgIpc) is 2.25. The largest absolute Gasteiger partial charge is 0.481 e. The third-order valence-electron chi connectivity index (χ3n) is 3.04. The Balaban J connectivity index is 3.67. The van der Waals surface area contributed by atoms with E-state index in [1.54, 1.807) is 0 Å². The number of carboxylic acid groups (broad SMARTS) is 1. The molecule has 0 saturated carbocycles. The van der Waals surface area contributed by atoms with Crippen LogP contribution in [0.1, 0.15) is 19.4 Å². The fraction of sp³-hybridized carbons (Fsp3) is 0.462. The van der Waals surface area contributed by atoms with Crippen molar-refractivity contribution < 1.29 is 26.7 Å². The van der Waals surface area contributed by atoms with Crippen molar-refractivity contribution in [1.82, 2.24) is 0 Å². The zero-order valence-corrected chi connectivity index (χ0v) is 13.9. The molecule has 0 fully saturated rings. The van der Waals surface area contributed by atoms with E-state index in [1.807, 2.05) is 0 Å². The summed E-state index contributed by atoms with van der Waals surface area (Å²) in [6.45, 7) is 2.91. The van der Waals surface area contributed by atoms with E-state index in [-0.39, 0.29) is 21.8 Å². The van der Waals surface area contributed by atoms with Gasteiger partial charge in [-0.15, -0.1) is 0 Å². The summed E-state index contributed by atoms with van der Waals surface area (Å²) < 4.78 is 47.5. The monoisotopic (exact) mass is 334 g/mol. The molecule has 0 spiro atoms. The van der Waals surface area contributed by atoms with Gasteiger partial charge in [-0.25, -0.2) is 16.8 Å². The highest BCUT2D eigenvalue weighted by atomic mass is 32.2. The molecule has 118 valence electrons. The molecule has 1 aromatic carbocycles. The van der Waals surface area contributed by atoms with Gasteiger partial charge in [-0.1, -0.05) is 12.1 Å². The van der Waals surface area contributed by atoms with Gasteiger partial charge >= 0.3 is 5.97 Å². The number of hydrogen-bond acceptors (Lipinski definition) is 5. The molecule has 0 saturated heterocycles. The molecule has 21 heavy (non-hydrogen) atoms. The van der Waals surface area contributed by atoms with Crippen molar-refractivity contribution >= 4 is 25.6 Å². The summed E-state index contributed by atoms with van der Waals surface area (Å²) in [5, 5.41) is 9.16. The van der Waals surface area contributed by atoms with E-state index in [4.69, 9.17) is 5.11 Å². The lowest BCUT2D eigenvalue weighted by Crippen LogP contribution is -2.27. The number of aliphatic carboxylic acids is 1. The van der Waals surface area contributed by atoms with E-state index >= 15 is 0 Å². The molecule has 0 heterocycles. The maximum Gasteiger partial charge on any atom is 0.309 e. The molecule has 6 nitrogen and oxygen atoms in total. The summed E-state index contributed by atoms with van der Waals surface area (Å²) in [7, 11) is -7.56. The highest BCUT2D eigenvalue weighted by Gasteiger charge is 2.32. The number of sulfone groups is 2. The first kappa shape index (κ1) is 17.6. The fourth-order valence-corrected chi connectivity index (χ4v) is 4.72. The second-order valence-electron chi connectivity index (χ2n) is 5.65. The van der Waals surface area contributed by atoms with Gasteiger partial charge in [0.25, 0.3) is 0 Å². The predicted molar refractivity (Wildman–Crippen MR) is 77.8 cm³/mol. The Morgan fingerprint density at radius 2 is 1.62 bits per heavy atom. The van der Waals surface area contributed by atoms with Crippen LogP contribution in [-0.4, -0.2) is 40.4 Å². The van der Waals surface area contributed by atoms with E-state index in [0.29, 0.717) is 0 Å². The first-order chi connectivity index (χ1) is 9.27. The number of hydrogen-bond donors (Lipinski definition) is 1. The number of benzene rings is 1. The summed E-state index contributed by atoms with van der Waals surface area (Å²) >= 11 is 0. The molecule has 1 aromatic rings. The normalized spacial score (nSPS) is 13.1. The van der Waals surface area contributed by atoms with E-state index in [1.165, 1.54) is 32.0 Å². The molecule has 1 rings (SSSR count). The van der Waals surface area contributed by atoms with Gasteiger partial charge in [-0.3, -0.25) is 4.79 Å². The van der Waals surface area contributed by atoms with Crippen molar-refractivity contribution in [2.24, 2.45) is 5.41 Å². The van der Waals surface area contributed by atoms with E-state index in [2.05, 4.69) is 0 Å². The van der Waals surface area contributed by atoms with E-state index in [9.17, 15) is 21.6 Å². The van der Waals surface area contributed by atoms with Gasteiger partial charge in [0.15, 0.2) is 19.7 Å². The van der Waals surface area contributed by atoms with E-state index in [0.717, 1.165) is 12.5 Å². The molecule has 0 aromatic heterocycles. The first-order valence-electron chi connectivity index (χ1n) is 6.02. The van der Waals surface area contributed by atoms with Crippen LogP contribution in [0.4, 0.5) is 0 Å². The average molecular weight is 334 g/mol. The van der Waals surface area contributed by atoms with Crippen molar-refractivity contribution in [3.63, 3.8) is 0 Å². The molecule has 0 bridgehead atoms. The first-order valence-corrected chi connectivity index (χ1v) is 9.80. The van der Waals surface area contributed by atoms with Gasteiger partial charge in [0, 0.05) is 12.5 Å². The van der Waals surface area contributed by atoms with Crippen LogP contribution in [0.5, 0.6) is 0 Å². The molecule has 1 N–H and O–H groups in total. The summed E-state index contributed by atoms with van der Waals surface area (Å²) in [4.78, 5) is 10.6. The minimum Gasteiger partial charge on any atom is -0.481 e. The Hall–Kier alpha value is -1.41. The van der Waals surface area contributed by atoms with Crippen molar-refractivity contribution in [3.8, 4) is 0 Å². The van der Waals surface area contributed by atoms with Gasteiger partial charge in [0.1, 0.15) is 0 Å². The lowest BCUT2D eigenvalue weighted by Gasteiger charge is -2.21. The third kappa shape index (κ3) is 4.04. The lowest BCUT2D eigenvalue weighted by atomic mass is 9.86. The molecule has 0 amide bonds. The summed E-state index contributed by atoms with van der Waals surface area (Å²) in [6, 6.07) is 4.07. The number of rotatable bonds is 5. The number of carbonyl (C=O) groups is 1. The van der Waals surface area contributed by atoms with Gasteiger partial charge in [0.2, 0.25) is 0 Å². The second kappa shape index (κ2) is 5.42. The van der Waals surface area contributed by atoms with Crippen LogP contribution in [-0.2, 0) is 30.9 Å². The van der Waals surface area contributed by atoms with Gasteiger partial charge in [-0.2, -0.15) is 0 Å². The number of carboxylic acids is 1. The Morgan fingerprint density at radius 1 is 1.10 bits per heavy atom. The van der Waals surface area contributed by atoms with Crippen molar-refractivity contribution in [3.05, 3.63) is 23.8 Å². The van der Waals surface area contributed by atoms with Crippen molar-refractivity contribution in [2.75, 3.05) is 12.5 Å². The zero-order valence-electron chi connectivity index (χ0n) is 12.2. The summed E-state index contributed by atoms with van der Waals surface area (Å²) in [6.07, 6.45) is 1.74. The maximum absolute atomic E-state index is 12.0. The minimum atomic E-state index is -3.82. The zero-order chi connectivity index (χ0) is 16.6.